The molecular weight excluding hydrogens is 370 g/mol. The molecule has 4 aromatic rings. The third kappa shape index (κ3) is 3.76. The zero-order chi connectivity index (χ0) is 20.4. The maximum atomic E-state index is 13.9. The molecule has 148 valence electrons. The van der Waals surface area contributed by atoms with Gasteiger partial charge in [0.2, 0.25) is 0 Å². The molecule has 0 unspecified atom stereocenters. The smallest absolute Gasteiger partial charge is 0.159 e. The number of hydrogen-bond acceptors (Lipinski definition) is 3. The molecule has 0 spiro atoms. The van der Waals surface area contributed by atoms with E-state index in [4.69, 9.17) is 5.10 Å². The Bertz CT molecular complexity index is 1130. The third-order valence-corrected chi connectivity index (χ3v) is 5.15. The number of aromatic nitrogens is 3. The lowest BCUT2D eigenvalue weighted by Crippen LogP contribution is -2.22. The molecule has 0 bridgehead atoms. The molecule has 0 N–H and O–H groups in total. The summed E-state index contributed by atoms with van der Waals surface area (Å²) in [6, 6.07) is 11.8. The van der Waals surface area contributed by atoms with Crippen LogP contribution in [0.2, 0.25) is 0 Å². The van der Waals surface area contributed by atoms with Gasteiger partial charge < -0.3 is 0 Å². The van der Waals surface area contributed by atoms with E-state index in [1.807, 2.05) is 28.9 Å². The summed E-state index contributed by atoms with van der Waals surface area (Å²) in [4.78, 5) is 6.41. The third-order valence-electron chi connectivity index (χ3n) is 5.15. The molecule has 3 heterocycles. The van der Waals surface area contributed by atoms with Gasteiger partial charge in [-0.2, -0.15) is 5.10 Å². The van der Waals surface area contributed by atoms with E-state index in [-0.39, 0.29) is 0 Å². The highest BCUT2D eigenvalue weighted by Crippen LogP contribution is 2.35. The number of nitrogens with zero attached hydrogens (tertiary/aromatic N) is 4. The second-order valence-electron chi connectivity index (χ2n) is 6.92. The largest absolute Gasteiger partial charge is 0.300 e. The second-order valence-corrected chi connectivity index (χ2v) is 6.92. The molecule has 4 nitrogen and oxygen atoms in total. The van der Waals surface area contributed by atoms with Crippen molar-refractivity contribution in [1.82, 2.24) is 19.5 Å². The molecule has 29 heavy (non-hydrogen) atoms. The standard InChI is InChI=1S/C23H22F2N4/c1-3-28(4-2)14-16-5-8-21-22(17-9-11-26-12-10-17)23(27-29(21)15-16)18-6-7-19(24)20(25)13-18/h5-13,15H,3-4,14H2,1-2H3. The molecule has 6 heteroatoms. The summed E-state index contributed by atoms with van der Waals surface area (Å²) in [5.74, 6) is -1.76. The first-order valence-corrected chi connectivity index (χ1v) is 9.70. The number of benzene rings is 1. The normalized spacial score (nSPS) is 11.5. The minimum Gasteiger partial charge on any atom is -0.300 e. The molecule has 0 amide bonds. The Balaban J connectivity index is 1.89. The Morgan fingerprint density at radius 3 is 2.34 bits per heavy atom. The van der Waals surface area contributed by atoms with E-state index >= 15 is 0 Å². The van der Waals surface area contributed by atoms with Crippen LogP contribution in [0.5, 0.6) is 0 Å². The van der Waals surface area contributed by atoms with Gasteiger partial charge in [-0.3, -0.25) is 9.88 Å². The van der Waals surface area contributed by atoms with Crippen LogP contribution in [0.1, 0.15) is 19.4 Å². The minimum atomic E-state index is -0.887. The average molecular weight is 392 g/mol. The molecule has 0 atom stereocenters. The molecule has 0 saturated heterocycles. The van der Waals surface area contributed by atoms with E-state index in [0.29, 0.717) is 11.3 Å². The molecule has 0 fully saturated rings. The van der Waals surface area contributed by atoms with Crippen LogP contribution in [-0.2, 0) is 6.54 Å². The lowest BCUT2D eigenvalue weighted by Gasteiger charge is -2.17. The Morgan fingerprint density at radius 2 is 1.66 bits per heavy atom. The lowest BCUT2D eigenvalue weighted by molar-refractivity contribution is 0.295. The van der Waals surface area contributed by atoms with Crippen molar-refractivity contribution in [2.75, 3.05) is 13.1 Å². The molecule has 4 rings (SSSR count). The first-order valence-electron chi connectivity index (χ1n) is 9.70. The molecular formula is C23H22F2N4. The first-order chi connectivity index (χ1) is 14.1. The summed E-state index contributed by atoms with van der Waals surface area (Å²) >= 11 is 0. The zero-order valence-electron chi connectivity index (χ0n) is 16.4. The first kappa shape index (κ1) is 19.2. The Hall–Kier alpha value is -3.12. The number of halogens is 2. The predicted octanol–water partition coefficient (Wildman–Crippen LogP) is 5.18. The van der Waals surface area contributed by atoms with Crippen LogP contribution >= 0.6 is 0 Å². The van der Waals surface area contributed by atoms with Gasteiger partial charge in [-0.1, -0.05) is 19.9 Å². The van der Waals surface area contributed by atoms with Crippen LogP contribution in [0.3, 0.4) is 0 Å². The van der Waals surface area contributed by atoms with E-state index < -0.39 is 11.6 Å². The molecule has 3 aromatic heterocycles. The van der Waals surface area contributed by atoms with Gasteiger partial charge in [0.25, 0.3) is 0 Å². The molecule has 0 aliphatic rings. The second kappa shape index (κ2) is 8.09. The van der Waals surface area contributed by atoms with Crippen molar-refractivity contribution in [2.45, 2.75) is 20.4 Å². The molecule has 0 saturated carbocycles. The monoisotopic (exact) mass is 392 g/mol. The van der Waals surface area contributed by atoms with Gasteiger partial charge in [-0.25, -0.2) is 13.3 Å². The summed E-state index contributed by atoms with van der Waals surface area (Å²) in [6.07, 6.45) is 5.42. The number of hydrogen-bond donors (Lipinski definition) is 0. The van der Waals surface area contributed by atoms with Crippen LogP contribution in [0, 0.1) is 11.6 Å². The summed E-state index contributed by atoms with van der Waals surface area (Å²) in [5.41, 5.74) is 4.97. The highest BCUT2D eigenvalue weighted by atomic mass is 19.2. The van der Waals surface area contributed by atoms with Crippen molar-refractivity contribution >= 4 is 5.52 Å². The number of fused-ring (bicyclic) bond motifs is 1. The highest BCUT2D eigenvalue weighted by Gasteiger charge is 2.18. The maximum absolute atomic E-state index is 13.9. The Kier molecular flexibility index (Phi) is 5.36. The van der Waals surface area contributed by atoms with Gasteiger partial charge >= 0.3 is 0 Å². The Labute approximate surface area is 168 Å². The quantitative estimate of drug-likeness (QED) is 0.453. The van der Waals surface area contributed by atoms with E-state index in [0.717, 1.165) is 47.9 Å². The van der Waals surface area contributed by atoms with Crippen LogP contribution in [0.15, 0.2) is 61.1 Å². The van der Waals surface area contributed by atoms with Crippen LogP contribution in [-0.4, -0.2) is 32.6 Å². The van der Waals surface area contributed by atoms with Gasteiger partial charge in [0.15, 0.2) is 11.6 Å². The summed E-state index contributed by atoms with van der Waals surface area (Å²) < 4.78 is 29.2. The fraction of sp³-hybridized carbons (Fsp3) is 0.217. The SMILES string of the molecule is CCN(CC)Cc1ccc2c(-c3ccncc3)c(-c3ccc(F)c(F)c3)nn2c1. The van der Waals surface area contributed by atoms with Crippen molar-refractivity contribution in [1.29, 1.82) is 0 Å². The topological polar surface area (TPSA) is 33.4 Å². The van der Waals surface area contributed by atoms with Crippen molar-refractivity contribution in [3.8, 4) is 22.4 Å². The van der Waals surface area contributed by atoms with Crippen LogP contribution in [0.4, 0.5) is 8.78 Å². The molecule has 0 aliphatic heterocycles. The van der Waals surface area contributed by atoms with E-state index in [2.05, 4.69) is 29.8 Å². The van der Waals surface area contributed by atoms with Gasteiger partial charge in [0.05, 0.1) is 5.52 Å². The Morgan fingerprint density at radius 1 is 0.897 bits per heavy atom. The van der Waals surface area contributed by atoms with E-state index in [1.165, 1.54) is 6.07 Å². The fourth-order valence-corrected chi connectivity index (χ4v) is 3.54. The zero-order valence-corrected chi connectivity index (χ0v) is 16.4. The van der Waals surface area contributed by atoms with Crippen LogP contribution < -0.4 is 0 Å². The minimum absolute atomic E-state index is 0.532. The molecule has 0 aliphatic carbocycles. The van der Waals surface area contributed by atoms with Gasteiger partial charge in [0.1, 0.15) is 5.69 Å². The van der Waals surface area contributed by atoms with Gasteiger partial charge in [-0.15, -0.1) is 0 Å². The molecule has 0 radical (unpaired) electrons. The van der Waals surface area contributed by atoms with Gasteiger partial charge in [0, 0.05) is 36.3 Å². The van der Waals surface area contributed by atoms with E-state index in [1.54, 1.807) is 18.5 Å². The predicted molar refractivity (Wildman–Crippen MR) is 110 cm³/mol. The average Bonchev–Trinajstić information content (AvgIpc) is 3.13. The van der Waals surface area contributed by atoms with Crippen LogP contribution in [0.25, 0.3) is 27.9 Å². The summed E-state index contributed by atoms with van der Waals surface area (Å²) in [7, 11) is 0. The van der Waals surface area contributed by atoms with Crippen molar-refractivity contribution in [3.63, 3.8) is 0 Å². The summed E-state index contributed by atoms with van der Waals surface area (Å²) in [5, 5.41) is 4.74. The highest BCUT2D eigenvalue weighted by molar-refractivity contribution is 5.92. The number of pyridine rings is 2. The van der Waals surface area contributed by atoms with Gasteiger partial charge in [-0.05, 0) is 60.6 Å². The lowest BCUT2D eigenvalue weighted by atomic mass is 10.0. The summed E-state index contributed by atoms with van der Waals surface area (Å²) in [6.45, 7) is 7.04. The maximum Gasteiger partial charge on any atom is 0.159 e. The van der Waals surface area contributed by atoms with Crippen molar-refractivity contribution in [3.05, 3.63) is 78.3 Å². The number of rotatable bonds is 6. The van der Waals surface area contributed by atoms with Crippen molar-refractivity contribution < 1.29 is 8.78 Å². The molecule has 1 aromatic carbocycles. The van der Waals surface area contributed by atoms with Crippen molar-refractivity contribution in [2.24, 2.45) is 0 Å². The van der Waals surface area contributed by atoms with E-state index in [9.17, 15) is 8.78 Å². The fourth-order valence-electron chi connectivity index (χ4n) is 3.54.